The van der Waals surface area contributed by atoms with E-state index in [1.54, 1.807) is 25.2 Å². The third-order valence-electron chi connectivity index (χ3n) is 2.90. The molecule has 0 spiro atoms. The average Bonchev–Trinajstić information content (AvgIpc) is 2.39. The van der Waals surface area contributed by atoms with Gasteiger partial charge < -0.3 is 11.1 Å². The van der Waals surface area contributed by atoms with Gasteiger partial charge in [-0.05, 0) is 25.1 Å². The fraction of sp³-hybridized carbons (Fsp3) is 0.133. The Hall–Kier alpha value is -2.29. The Morgan fingerprint density at radius 1 is 1.06 bits per heavy atom. The van der Waals surface area contributed by atoms with Crippen molar-refractivity contribution in [2.45, 2.75) is 6.92 Å². The van der Waals surface area contributed by atoms with Gasteiger partial charge in [-0.2, -0.15) is 0 Å². The molecule has 0 saturated carbocycles. The Balaban J connectivity index is 2.37. The molecule has 18 heavy (non-hydrogen) atoms. The van der Waals surface area contributed by atoms with Gasteiger partial charge in [0.05, 0.1) is 11.4 Å². The van der Waals surface area contributed by atoms with Gasteiger partial charge in [0, 0.05) is 18.2 Å². The van der Waals surface area contributed by atoms with Crippen molar-refractivity contribution in [2.75, 3.05) is 18.1 Å². The second kappa shape index (κ2) is 4.92. The quantitative estimate of drug-likeness (QED) is 0.640. The van der Waals surface area contributed by atoms with Crippen LogP contribution in [0.3, 0.4) is 0 Å². The molecule has 0 aliphatic carbocycles. The summed E-state index contributed by atoms with van der Waals surface area (Å²) in [5, 5.41) is 2.97. The molecule has 0 aromatic heterocycles. The summed E-state index contributed by atoms with van der Waals surface area (Å²) in [6, 6.07) is 12.8. The number of carbonyl (C=O) groups excluding carboxylic acids is 1. The van der Waals surface area contributed by atoms with E-state index in [0.717, 1.165) is 11.3 Å². The van der Waals surface area contributed by atoms with Crippen LogP contribution in [0.4, 0.5) is 11.4 Å². The Kier molecular flexibility index (Phi) is 3.33. The van der Waals surface area contributed by atoms with Gasteiger partial charge in [-0.15, -0.1) is 0 Å². The number of nitrogens with two attached hydrogens (primary N) is 1. The fourth-order valence-electron chi connectivity index (χ4n) is 1.79. The molecular formula is C15H16N2O. The van der Waals surface area contributed by atoms with Crippen LogP contribution in [-0.2, 0) is 0 Å². The zero-order valence-corrected chi connectivity index (χ0v) is 10.5. The zero-order chi connectivity index (χ0) is 13.1. The molecule has 0 atom stereocenters. The summed E-state index contributed by atoms with van der Waals surface area (Å²) in [6.07, 6.45) is 0. The molecule has 0 aliphatic heterocycles. The van der Waals surface area contributed by atoms with E-state index in [4.69, 9.17) is 5.73 Å². The molecule has 0 radical (unpaired) electrons. The van der Waals surface area contributed by atoms with Crippen LogP contribution >= 0.6 is 0 Å². The lowest BCUT2D eigenvalue weighted by Gasteiger charge is -2.07. The number of ketones is 1. The molecule has 0 unspecified atom stereocenters. The first-order valence-corrected chi connectivity index (χ1v) is 5.80. The standard InChI is InChI=1S/C15H16N2O/c1-10-3-5-11(6-4-10)15(18)12-7-8-13(16)14(9-12)17-2/h3-9,17H,16H2,1-2H3. The first-order chi connectivity index (χ1) is 8.61. The lowest BCUT2D eigenvalue weighted by Crippen LogP contribution is -2.04. The van der Waals surface area contributed by atoms with Crippen LogP contribution in [0.25, 0.3) is 0 Å². The molecule has 3 nitrogen and oxygen atoms in total. The van der Waals surface area contributed by atoms with Gasteiger partial charge in [-0.25, -0.2) is 0 Å². The van der Waals surface area contributed by atoms with Crippen molar-refractivity contribution in [1.82, 2.24) is 0 Å². The van der Waals surface area contributed by atoms with Gasteiger partial charge >= 0.3 is 0 Å². The Labute approximate surface area is 107 Å². The lowest BCUT2D eigenvalue weighted by atomic mass is 10.0. The number of rotatable bonds is 3. The summed E-state index contributed by atoms with van der Waals surface area (Å²) in [6.45, 7) is 2.00. The predicted octanol–water partition coefficient (Wildman–Crippen LogP) is 2.85. The van der Waals surface area contributed by atoms with Crippen molar-refractivity contribution < 1.29 is 4.79 Å². The highest BCUT2D eigenvalue weighted by atomic mass is 16.1. The van der Waals surface area contributed by atoms with Crippen LogP contribution in [0.15, 0.2) is 42.5 Å². The zero-order valence-electron chi connectivity index (χ0n) is 10.5. The van der Waals surface area contributed by atoms with E-state index < -0.39 is 0 Å². The molecule has 3 heteroatoms. The molecule has 0 heterocycles. The van der Waals surface area contributed by atoms with Crippen molar-refractivity contribution in [3.05, 3.63) is 59.2 Å². The minimum Gasteiger partial charge on any atom is -0.397 e. The molecule has 0 saturated heterocycles. The van der Waals surface area contributed by atoms with E-state index in [1.165, 1.54) is 0 Å². The van der Waals surface area contributed by atoms with Crippen molar-refractivity contribution >= 4 is 17.2 Å². The van der Waals surface area contributed by atoms with Crippen molar-refractivity contribution in [2.24, 2.45) is 0 Å². The molecule has 0 fully saturated rings. The first kappa shape index (κ1) is 12.2. The molecule has 2 rings (SSSR count). The van der Waals surface area contributed by atoms with Gasteiger partial charge in [0.25, 0.3) is 0 Å². The van der Waals surface area contributed by atoms with Crippen LogP contribution in [0.2, 0.25) is 0 Å². The minimum absolute atomic E-state index is 0.00602. The predicted molar refractivity (Wildman–Crippen MR) is 75.0 cm³/mol. The maximum absolute atomic E-state index is 12.3. The van der Waals surface area contributed by atoms with E-state index in [1.807, 2.05) is 31.2 Å². The van der Waals surface area contributed by atoms with E-state index >= 15 is 0 Å². The molecule has 0 bridgehead atoms. The van der Waals surface area contributed by atoms with Crippen LogP contribution in [0.1, 0.15) is 21.5 Å². The number of benzene rings is 2. The Bertz CT molecular complexity index is 574. The Morgan fingerprint density at radius 3 is 2.28 bits per heavy atom. The highest BCUT2D eigenvalue weighted by Gasteiger charge is 2.10. The number of anilines is 2. The monoisotopic (exact) mass is 240 g/mol. The smallest absolute Gasteiger partial charge is 0.193 e. The summed E-state index contributed by atoms with van der Waals surface area (Å²) in [4.78, 5) is 12.3. The summed E-state index contributed by atoms with van der Waals surface area (Å²) in [5.74, 6) is 0.00602. The number of carbonyl (C=O) groups is 1. The molecular weight excluding hydrogens is 224 g/mol. The lowest BCUT2D eigenvalue weighted by molar-refractivity contribution is 0.103. The first-order valence-electron chi connectivity index (χ1n) is 5.80. The average molecular weight is 240 g/mol. The molecule has 2 aromatic rings. The van der Waals surface area contributed by atoms with Gasteiger partial charge in [-0.1, -0.05) is 29.8 Å². The SMILES string of the molecule is CNc1cc(C(=O)c2ccc(C)cc2)ccc1N. The van der Waals surface area contributed by atoms with Crippen LogP contribution < -0.4 is 11.1 Å². The van der Waals surface area contributed by atoms with Crippen molar-refractivity contribution in [3.63, 3.8) is 0 Å². The number of hydrogen-bond donors (Lipinski definition) is 2. The van der Waals surface area contributed by atoms with Crippen LogP contribution in [0, 0.1) is 6.92 Å². The highest BCUT2D eigenvalue weighted by molar-refractivity contribution is 6.09. The van der Waals surface area contributed by atoms with E-state index in [2.05, 4.69) is 5.32 Å². The van der Waals surface area contributed by atoms with Crippen molar-refractivity contribution in [1.29, 1.82) is 0 Å². The summed E-state index contributed by atoms with van der Waals surface area (Å²) >= 11 is 0. The fourth-order valence-corrected chi connectivity index (χ4v) is 1.79. The second-order valence-electron chi connectivity index (χ2n) is 4.25. The third kappa shape index (κ3) is 2.35. The van der Waals surface area contributed by atoms with Gasteiger partial charge in [0.2, 0.25) is 0 Å². The maximum Gasteiger partial charge on any atom is 0.193 e. The third-order valence-corrected chi connectivity index (χ3v) is 2.90. The number of aryl methyl sites for hydroxylation is 1. The summed E-state index contributed by atoms with van der Waals surface area (Å²) in [5.41, 5.74) is 9.66. The summed E-state index contributed by atoms with van der Waals surface area (Å²) < 4.78 is 0. The highest BCUT2D eigenvalue weighted by Crippen LogP contribution is 2.21. The van der Waals surface area contributed by atoms with E-state index in [-0.39, 0.29) is 5.78 Å². The minimum atomic E-state index is 0.00602. The van der Waals surface area contributed by atoms with Crippen LogP contribution in [-0.4, -0.2) is 12.8 Å². The van der Waals surface area contributed by atoms with Crippen LogP contribution in [0.5, 0.6) is 0 Å². The number of nitrogens with one attached hydrogen (secondary N) is 1. The van der Waals surface area contributed by atoms with Gasteiger partial charge in [0.1, 0.15) is 0 Å². The van der Waals surface area contributed by atoms with E-state index in [9.17, 15) is 4.79 Å². The molecule has 3 N–H and O–H groups in total. The molecule has 2 aromatic carbocycles. The van der Waals surface area contributed by atoms with E-state index in [0.29, 0.717) is 16.8 Å². The largest absolute Gasteiger partial charge is 0.397 e. The summed E-state index contributed by atoms with van der Waals surface area (Å²) in [7, 11) is 1.78. The maximum atomic E-state index is 12.3. The van der Waals surface area contributed by atoms with Gasteiger partial charge in [0.15, 0.2) is 5.78 Å². The second-order valence-corrected chi connectivity index (χ2v) is 4.25. The van der Waals surface area contributed by atoms with Gasteiger partial charge in [-0.3, -0.25) is 4.79 Å². The molecule has 0 amide bonds. The normalized spacial score (nSPS) is 10.1. The van der Waals surface area contributed by atoms with Crippen molar-refractivity contribution in [3.8, 4) is 0 Å². The molecule has 92 valence electrons. The Morgan fingerprint density at radius 2 is 1.67 bits per heavy atom. The number of hydrogen-bond acceptors (Lipinski definition) is 3. The molecule has 0 aliphatic rings. The topological polar surface area (TPSA) is 55.1 Å². The number of nitrogen functional groups attached to an aromatic ring is 1.